The Labute approximate surface area is 152 Å². The van der Waals surface area contributed by atoms with Crippen LogP contribution in [-0.2, 0) is 20.7 Å². The van der Waals surface area contributed by atoms with Crippen molar-refractivity contribution in [3.63, 3.8) is 0 Å². The van der Waals surface area contributed by atoms with E-state index in [9.17, 15) is 0 Å². The molecule has 6 heteroatoms. The van der Waals surface area contributed by atoms with Gasteiger partial charge in [0, 0.05) is 14.2 Å². The van der Waals surface area contributed by atoms with Gasteiger partial charge in [0.2, 0.25) is 0 Å². The molecule has 0 bridgehead atoms. The van der Waals surface area contributed by atoms with Gasteiger partial charge in [0.25, 0.3) is 0 Å². The van der Waals surface area contributed by atoms with Crippen LogP contribution in [0.3, 0.4) is 0 Å². The van der Waals surface area contributed by atoms with E-state index >= 15 is 0 Å². The Morgan fingerprint density at radius 1 is 0.833 bits per heavy atom. The van der Waals surface area contributed by atoms with E-state index in [-0.39, 0.29) is 11.2 Å². The topological polar surface area (TPSA) is 70.3 Å². The Kier molecular flexibility index (Phi) is 7.32. The summed E-state index contributed by atoms with van der Waals surface area (Å²) in [5, 5.41) is 0. The van der Waals surface area contributed by atoms with Crippen LogP contribution in [0, 0.1) is 0 Å². The molecule has 0 aliphatic heterocycles. The number of ether oxygens (including phenoxy) is 2. The van der Waals surface area contributed by atoms with Crippen LogP contribution in [0.5, 0.6) is 0 Å². The zero-order valence-electron chi connectivity index (χ0n) is 15.1. The van der Waals surface area contributed by atoms with E-state index in [0.717, 1.165) is 16.0 Å². The smallest absolute Gasteiger partial charge is 0.123 e. The summed E-state index contributed by atoms with van der Waals surface area (Å²) in [5.74, 6) is 0.526. The average molecular weight is 396 g/mol. The predicted octanol–water partition coefficient (Wildman–Crippen LogP) is 4.27. The predicted molar refractivity (Wildman–Crippen MR) is 101 cm³/mol. The van der Waals surface area contributed by atoms with Crippen molar-refractivity contribution in [2.24, 2.45) is 0 Å². The summed E-state index contributed by atoms with van der Waals surface area (Å²) in [6.07, 6.45) is 0. The van der Waals surface area contributed by atoms with E-state index < -0.39 is 0 Å². The van der Waals surface area contributed by atoms with Gasteiger partial charge in [0.15, 0.2) is 0 Å². The highest BCUT2D eigenvalue weighted by Gasteiger charge is 2.21. The molecule has 2 N–H and O–H groups in total. The maximum Gasteiger partial charge on any atom is 0.123 e. The van der Waals surface area contributed by atoms with Crippen molar-refractivity contribution in [1.29, 1.82) is 0 Å². The van der Waals surface area contributed by atoms with Crippen molar-refractivity contribution in [2.75, 3.05) is 20.0 Å². The second-order valence-electron chi connectivity index (χ2n) is 6.22. The minimum Gasteiger partial charge on any atom is -0.384 e. The fourth-order valence-electron chi connectivity index (χ4n) is 1.74. The Balaban J connectivity index is 0.000000240. The van der Waals surface area contributed by atoms with Crippen LogP contribution in [0.1, 0.15) is 39.1 Å². The van der Waals surface area contributed by atoms with Crippen molar-refractivity contribution >= 4 is 21.7 Å². The molecule has 0 radical (unpaired) electrons. The number of nitrogens with two attached hydrogens (primary N) is 1. The summed E-state index contributed by atoms with van der Waals surface area (Å²) in [4.78, 5) is 8.48. The molecule has 2 aromatic heterocycles. The molecular weight excluding hydrogens is 370 g/mol. The number of hydrogen-bond donors (Lipinski definition) is 1. The Hall–Kier alpha value is -1.50. The van der Waals surface area contributed by atoms with Crippen molar-refractivity contribution in [3.05, 3.63) is 52.4 Å². The van der Waals surface area contributed by atoms with Crippen LogP contribution in [0.15, 0.2) is 41.0 Å². The first-order valence-corrected chi connectivity index (χ1v) is 8.38. The summed E-state index contributed by atoms with van der Waals surface area (Å²) in [7, 11) is 3.34. The molecule has 0 saturated carbocycles. The molecule has 24 heavy (non-hydrogen) atoms. The van der Waals surface area contributed by atoms with Gasteiger partial charge in [-0.15, -0.1) is 0 Å². The van der Waals surface area contributed by atoms with Crippen LogP contribution in [0.25, 0.3) is 0 Å². The summed E-state index contributed by atoms with van der Waals surface area (Å²) in [6.45, 7) is 7.88. The zero-order valence-corrected chi connectivity index (χ0v) is 16.7. The van der Waals surface area contributed by atoms with Crippen molar-refractivity contribution < 1.29 is 9.47 Å². The van der Waals surface area contributed by atoms with E-state index in [1.807, 2.05) is 58.0 Å². The minimum absolute atomic E-state index is 0.316. The van der Waals surface area contributed by atoms with Crippen LogP contribution in [0.4, 0.5) is 5.82 Å². The molecule has 2 rings (SSSR count). The van der Waals surface area contributed by atoms with Gasteiger partial charge in [-0.1, -0.05) is 12.1 Å². The number of halogens is 1. The molecule has 0 amide bonds. The Morgan fingerprint density at radius 3 is 1.71 bits per heavy atom. The third kappa shape index (κ3) is 5.85. The Bertz CT molecular complexity index is 603. The van der Waals surface area contributed by atoms with Gasteiger partial charge in [0.05, 0.1) is 11.4 Å². The third-order valence-electron chi connectivity index (χ3n) is 3.74. The highest BCUT2D eigenvalue weighted by atomic mass is 79.9. The van der Waals surface area contributed by atoms with Crippen LogP contribution >= 0.6 is 15.9 Å². The van der Waals surface area contributed by atoms with E-state index in [1.165, 1.54) is 0 Å². The third-order valence-corrected chi connectivity index (χ3v) is 4.18. The van der Waals surface area contributed by atoms with Gasteiger partial charge in [0.1, 0.15) is 21.6 Å². The first-order chi connectivity index (χ1) is 11.1. The summed E-state index contributed by atoms with van der Waals surface area (Å²) < 4.78 is 11.4. The van der Waals surface area contributed by atoms with Gasteiger partial charge in [-0.25, -0.2) is 9.97 Å². The molecule has 0 saturated heterocycles. The quantitative estimate of drug-likeness (QED) is 0.782. The average Bonchev–Trinajstić information content (AvgIpc) is 2.55. The number of nitrogens with zero attached hydrogens (tertiary/aromatic N) is 2. The number of hydrogen-bond acceptors (Lipinski definition) is 5. The van der Waals surface area contributed by atoms with E-state index in [1.54, 1.807) is 20.3 Å². The van der Waals surface area contributed by atoms with E-state index in [0.29, 0.717) is 5.82 Å². The van der Waals surface area contributed by atoms with Crippen molar-refractivity contribution in [1.82, 2.24) is 9.97 Å². The number of nitrogen functional groups attached to an aromatic ring is 1. The molecular formula is C18H26BrN3O2. The second-order valence-corrected chi connectivity index (χ2v) is 7.03. The minimum atomic E-state index is -0.366. The number of anilines is 1. The zero-order chi connectivity index (χ0) is 18.4. The molecule has 0 aliphatic carbocycles. The molecule has 0 atom stereocenters. The molecule has 0 spiro atoms. The van der Waals surface area contributed by atoms with Gasteiger partial charge >= 0.3 is 0 Å². The molecule has 0 fully saturated rings. The van der Waals surface area contributed by atoms with Crippen molar-refractivity contribution in [2.45, 2.75) is 38.9 Å². The molecule has 0 unspecified atom stereocenters. The first-order valence-electron chi connectivity index (χ1n) is 7.58. The Morgan fingerprint density at radius 2 is 1.29 bits per heavy atom. The summed E-state index contributed by atoms with van der Waals surface area (Å²) in [5.41, 5.74) is 6.64. The fraction of sp³-hybridized carbons (Fsp3) is 0.444. The molecule has 5 nitrogen and oxygen atoms in total. The normalized spacial score (nSPS) is 11.6. The number of aromatic nitrogens is 2. The van der Waals surface area contributed by atoms with E-state index in [2.05, 4.69) is 25.9 Å². The van der Waals surface area contributed by atoms with Gasteiger partial charge < -0.3 is 15.2 Å². The lowest BCUT2D eigenvalue weighted by atomic mass is 10.0. The molecule has 2 aromatic rings. The SMILES string of the molecule is COC(C)(C)c1cccc(Br)n1.COC(C)(C)c1cccc(N)n1. The fourth-order valence-corrected chi connectivity index (χ4v) is 2.08. The maximum atomic E-state index is 5.54. The number of pyridine rings is 2. The van der Waals surface area contributed by atoms with Crippen molar-refractivity contribution in [3.8, 4) is 0 Å². The van der Waals surface area contributed by atoms with Gasteiger partial charge in [-0.2, -0.15) is 0 Å². The number of methoxy groups -OCH3 is 2. The van der Waals surface area contributed by atoms with Crippen LogP contribution in [0.2, 0.25) is 0 Å². The maximum absolute atomic E-state index is 5.54. The number of rotatable bonds is 4. The second kappa shape index (κ2) is 8.55. The van der Waals surface area contributed by atoms with Crippen LogP contribution in [-0.4, -0.2) is 24.2 Å². The van der Waals surface area contributed by atoms with Gasteiger partial charge in [-0.3, -0.25) is 0 Å². The summed E-state index contributed by atoms with van der Waals surface area (Å²) in [6, 6.07) is 11.3. The largest absolute Gasteiger partial charge is 0.384 e. The first kappa shape index (κ1) is 20.5. The molecule has 132 valence electrons. The monoisotopic (exact) mass is 395 g/mol. The van der Waals surface area contributed by atoms with Gasteiger partial charge in [-0.05, 0) is 67.9 Å². The standard InChI is InChI=1S/C9H12BrNO.C9H14N2O/c2*1-9(2,12-3)7-5-4-6-8(10)11-7/h4-6H,1-3H3;4-6H,1-3H3,(H2,10,11). The van der Waals surface area contributed by atoms with E-state index in [4.69, 9.17) is 15.2 Å². The summed E-state index contributed by atoms with van der Waals surface area (Å²) >= 11 is 3.32. The lowest BCUT2D eigenvalue weighted by molar-refractivity contribution is 0.0153. The molecule has 2 heterocycles. The molecule has 0 aromatic carbocycles. The lowest BCUT2D eigenvalue weighted by Crippen LogP contribution is -2.21. The van der Waals surface area contributed by atoms with Crippen LogP contribution < -0.4 is 5.73 Å². The lowest BCUT2D eigenvalue weighted by Gasteiger charge is -2.22. The highest BCUT2D eigenvalue weighted by molar-refractivity contribution is 9.10. The highest BCUT2D eigenvalue weighted by Crippen LogP contribution is 2.23. The molecule has 0 aliphatic rings.